The van der Waals surface area contributed by atoms with Crippen LogP contribution in [0.1, 0.15) is 19.6 Å². The van der Waals surface area contributed by atoms with Crippen molar-refractivity contribution in [3.8, 4) is 0 Å². The molecule has 3 atom stereocenters. The summed E-state index contributed by atoms with van der Waals surface area (Å²) >= 11 is 0. The minimum Gasteiger partial charge on any atom is -0.394 e. The third-order valence-electron chi connectivity index (χ3n) is 3.62. The third-order valence-corrected chi connectivity index (χ3v) is 3.62. The fourth-order valence-electron chi connectivity index (χ4n) is 2.58. The predicted molar refractivity (Wildman–Crippen MR) is 72.2 cm³/mol. The van der Waals surface area contributed by atoms with Crippen LogP contribution in [0.4, 0.5) is 5.95 Å². The van der Waals surface area contributed by atoms with E-state index in [1.165, 1.54) is 0 Å². The number of aliphatic hydroxyl groups excluding tert-OH is 1. The minimum absolute atomic E-state index is 0.0957. The highest BCUT2D eigenvalue weighted by Gasteiger charge is 2.37. The fraction of sp³-hybridized carbons (Fsp3) is 0.500. The van der Waals surface area contributed by atoms with E-state index in [0.29, 0.717) is 23.3 Å². The van der Waals surface area contributed by atoms with E-state index >= 15 is 0 Å². The molecule has 1 fully saturated rings. The van der Waals surface area contributed by atoms with Gasteiger partial charge < -0.3 is 21.0 Å². The Morgan fingerprint density at radius 2 is 2.40 bits per heavy atom. The van der Waals surface area contributed by atoms with Gasteiger partial charge in [0.15, 0.2) is 5.65 Å². The Morgan fingerprint density at radius 3 is 3.05 bits per heavy atom. The summed E-state index contributed by atoms with van der Waals surface area (Å²) in [4.78, 5) is 12.3. The molecule has 20 heavy (non-hydrogen) atoms. The lowest BCUT2D eigenvalue weighted by atomic mass is 9.96. The van der Waals surface area contributed by atoms with E-state index in [1.54, 1.807) is 24.0 Å². The van der Waals surface area contributed by atoms with Crippen LogP contribution in [0.2, 0.25) is 0 Å². The summed E-state index contributed by atoms with van der Waals surface area (Å²) in [5.41, 5.74) is 7.34. The van der Waals surface area contributed by atoms with Gasteiger partial charge in [-0.05, 0) is 6.92 Å². The summed E-state index contributed by atoms with van der Waals surface area (Å²) in [6.07, 6.45) is 3.12. The van der Waals surface area contributed by atoms with Crippen molar-refractivity contribution in [2.75, 3.05) is 12.3 Å². The van der Waals surface area contributed by atoms with E-state index in [-0.39, 0.29) is 30.8 Å². The van der Waals surface area contributed by atoms with E-state index in [2.05, 4.69) is 15.0 Å². The monoisotopic (exact) mass is 276 g/mol. The summed E-state index contributed by atoms with van der Waals surface area (Å²) in [5.74, 6) is 0.0809. The van der Waals surface area contributed by atoms with Crippen molar-refractivity contribution in [3.05, 3.63) is 12.5 Å². The standard InChI is InChI=1S/C12H16N6O2/c1-6(13)7-2-10(20-9(7)4-19)18-5-16-8-3-15-12(14)17-11(8)18/h3,5,7,9-10,13,19H,2,4H2,1H3,(H2,14,15,17)/t7-,9-,10-/m1/s1. The second-order valence-electron chi connectivity index (χ2n) is 4.93. The largest absolute Gasteiger partial charge is 0.394 e. The van der Waals surface area contributed by atoms with Gasteiger partial charge in [0, 0.05) is 18.1 Å². The molecule has 2 aromatic heterocycles. The van der Waals surface area contributed by atoms with Gasteiger partial charge in [-0.2, -0.15) is 4.98 Å². The molecule has 8 heteroatoms. The first-order valence-corrected chi connectivity index (χ1v) is 6.36. The average Bonchev–Trinajstić information content (AvgIpc) is 3.00. The molecule has 0 amide bonds. The molecule has 8 nitrogen and oxygen atoms in total. The molecular formula is C12H16N6O2. The number of fused-ring (bicyclic) bond motifs is 1. The smallest absolute Gasteiger partial charge is 0.222 e. The molecule has 3 heterocycles. The lowest BCUT2D eigenvalue weighted by Gasteiger charge is -2.14. The Labute approximate surface area is 115 Å². The second kappa shape index (κ2) is 4.80. The lowest BCUT2D eigenvalue weighted by Crippen LogP contribution is -2.25. The van der Waals surface area contributed by atoms with Gasteiger partial charge in [-0.15, -0.1) is 0 Å². The lowest BCUT2D eigenvalue weighted by molar-refractivity contribution is -0.0246. The molecule has 1 saturated heterocycles. The molecule has 0 radical (unpaired) electrons. The number of ether oxygens (including phenoxy) is 1. The van der Waals surface area contributed by atoms with Gasteiger partial charge in [-0.1, -0.05) is 0 Å². The molecule has 1 aliphatic rings. The highest BCUT2D eigenvalue weighted by molar-refractivity contribution is 5.82. The Kier molecular flexibility index (Phi) is 3.11. The van der Waals surface area contributed by atoms with Crippen LogP contribution in [0.15, 0.2) is 12.5 Å². The number of aliphatic hydroxyl groups is 1. The van der Waals surface area contributed by atoms with E-state index in [1.807, 2.05) is 0 Å². The Hall–Kier alpha value is -2.06. The average molecular weight is 276 g/mol. The summed E-state index contributed by atoms with van der Waals surface area (Å²) in [7, 11) is 0. The third kappa shape index (κ3) is 2.02. The number of nitrogens with one attached hydrogen (secondary N) is 1. The van der Waals surface area contributed by atoms with Gasteiger partial charge in [-0.3, -0.25) is 4.57 Å². The molecule has 0 bridgehead atoms. The molecule has 0 spiro atoms. The van der Waals surface area contributed by atoms with Gasteiger partial charge in [-0.25, -0.2) is 9.97 Å². The van der Waals surface area contributed by atoms with E-state index in [4.69, 9.17) is 15.9 Å². The highest BCUT2D eigenvalue weighted by Crippen LogP contribution is 2.35. The van der Waals surface area contributed by atoms with Gasteiger partial charge in [0.1, 0.15) is 11.7 Å². The summed E-state index contributed by atoms with van der Waals surface area (Å²) in [6, 6.07) is 0. The fourth-order valence-corrected chi connectivity index (χ4v) is 2.58. The van der Waals surface area contributed by atoms with Gasteiger partial charge >= 0.3 is 0 Å². The Bertz CT molecular complexity index is 654. The van der Waals surface area contributed by atoms with E-state index in [9.17, 15) is 5.11 Å². The van der Waals surface area contributed by atoms with Crippen molar-refractivity contribution in [3.63, 3.8) is 0 Å². The molecule has 0 aliphatic carbocycles. The van der Waals surface area contributed by atoms with Crippen LogP contribution in [0, 0.1) is 11.3 Å². The van der Waals surface area contributed by atoms with Crippen LogP contribution in [-0.4, -0.2) is 43.0 Å². The summed E-state index contributed by atoms with van der Waals surface area (Å²) < 4.78 is 7.58. The predicted octanol–water partition coefficient (Wildman–Crippen LogP) is 0.344. The van der Waals surface area contributed by atoms with Crippen molar-refractivity contribution in [1.82, 2.24) is 19.5 Å². The van der Waals surface area contributed by atoms with Crippen LogP contribution in [0.25, 0.3) is 11.2 Å². The molecule has 3 rings (SSSR count). The summed E-state index contributed by atoms with van der Waals surface area (Å²) in [6.45, 7) is 1.62. The van der Waals surface area contributed by atoms with Crippen molar-refractivity contribution < 1.29 is 9.84 Å². The normalized spacial score (nSPS) is 26.2. The number of rotatable bonds is 3. The number of imidazole rings is 1. The van der Waals surface area contributed by atoms with Crippen molar-refractivity contribution in [2.45, 2.75) is 25.7 Å². The first-order valence-electron chi connectivity index (χ1n) is 6.36. The highest BCUT2D eigenvalue weighted by atomic mass is 16.5. The topological polar surface area (TPSA) is 123 Å². The number of hydrogen-bond donors (Lipinski definition) is 3. The zero-order valence-corrected chi connectivity index (χ0v) is 11.0. The quantitative estimate of drug-likeness (QED) is 0.695. The van der Waals surface area contributed by atoms with Crippen LogP contribution >= 0.6 is 0 Å². The molecular weight excluding hydrogens is 260 g/mol. The first-order chi connectivity index (χ1) is 9.60. The number of hydrogen-bond acceptors (Lipinski definition) is 7. The van der Waals surface area contributed by atoms with E-state index in [0.717, 1.165) is 0 Å². The maximum Gasteiger partial charge on any atom is 0.222 e. The van der Waals surface area contributed by atoms with Crippen molar-refractivity contribution >= 4 is 22.8 Å². The van der Waals surface area contributed by atoms with E-state index < -0.39 is 0 Å². The van der Waals surface area contributed by atoms with Gasteiger partial charge in [0.2, 0.25) is 5.95 Å². The first kappa shape index (κ1) is 12.9. The van der Waals surface area contributed by atoms with Crippen molar-refractivity contribution in [2.24, 2.45) is 5.92 Å². The number of nitrogens with zero attached hydrogens (tertiary/aromatic N) is 4. The second-order valence-corrected chi connectivity index (χ2v) is 4.93. The minimum atomic E-state index is -0.367. The number of nitrogen functional groups attached to an aromatic ring is 1. The zero-order chi connectivity index (χ0) is 14.3. The van der Waals surface area contributed by atoms with Crippen LogP contribution < -0.4 is 5.73 Å². The molecule has 1 aliphatic heterocycles. The summed E-state index contributed by atoms with van der Waals surface area (Å²) in [5, 5.41) is 17.1. The number of aromatic nitrogens is 4. The molecule has 0 aromatic carbocycles. The molecule has 0 saturated carbocycles. The Morgan fingerprint density at radius 1 is 1.60 bits per heavy atom. The number of nitrogens with two attached hydrogens (primary N) is 1. The van der Waals surface area contributed by atoms with Gasteiger partial charge in [0.05, 0.1) is 25.2 Å². The van der Waals surface area contributed by atoms with Crippen LogP contribution in [0.5, 0.6) is 0 Å². The SMILES string of the molecule is CC(=N)[C@H]1C[C@H](n2cnc3cnc(N)nc32)O[C@@H]1CO. The molecule has 2 aromatic rings. The van der Waals surface area contributed by atoms with Gasteiger partial charge in [0.25, 0.3) is 0 Å². The Balaban J connectivity index is 1.96. The molecule has 106 valence electrons. The maximum absolute atomic E-state index is 9.37. The maximum atomic E-state index is 9.37. The van der Waals surface area contributed by atoms with Crippen LogP contribution in [0.3, 0.4) is 0 Å². The number of anilines is 1. The zero-order valence-electron chi connectivity index (χ0n) is 11.0. The molecule has 4 N–H and O–H groups in total. The van der Waals surface area contributed by atoms with Crippen molar-refractivity contribution in [1.29, 1.82) is 5.41 Å². The molecule has 0 unspecified atom stereocenters. The van der Waals surface area contributed by atoms with Crippen LogP contribution in [-0.2, 0) is 4.74 Å².